The van der Waals surface area contributed by atoms with Gasteiger partial charge in [-0.15, -0.1) is 11.3 Å². The van der Waals surface area contributed by atoms with Gasteiger partial charge in [0, 0.05) is 24.4 Å². The highest BCUT2D eigenvalue weighted by Crippen LogP contribution is 2.38. The lowest BCUT2D eigenvalue weighted by atomic mass is 9.94. The minimum absolute atomic E-state index is 0.0640. The molecule has 1 atom stereocenters. The van der Waals surface area contributed by atoms with Gasteiger partial charge in [0.05, 0.1) is 28.5 Å². The van der Waals surface area contributed by atoms with Crippen molar-refractivity contribution in [1.29, 1.82) is 0 Å². The first-order valence-corrected chi connectivity index (χ1v) is 13.7. The van der Waals surface area contributed by atoms with Crippen LogP contribution in [0.3, 0.4) is 0 Å². The summed E-state index contributed by atoms with van der Waals surface area (Å²) in [7, 11) is 0. The average molecular weight is 498 g/mol. The van der Waals surface area contributed by atoms with Gasteiger partial charge in [0.2, 0.25) is 5.91 Å². The molecule has 34 heavy (non-hydrogen) atoms. The van der Waals surface area contributed by atoms with E-state index in [-0.39, 0.29) is 22.3 Å². The zero-order chi connectivity index (χ0) is 24.0. The average Bonchev–Trinajstić information content (AvgIpc) is 3.15. The summed E-state index contributed by atoms with van der Waals surface area (Å²) in [6.07, 6.45) is 3.98. The Balaban J connectivity index is 1.62. The Morgan fingerprint density at radius 1 is 1.24 bits per heavy atom. The lowest BCUT2D eigenvalue weighted by molar-refractivity contribution is -0.131. The Morgan fingerprint density at radius 2 is 2.00 bits per heavy atom. The molecule has 0 bridgehead atoms. The standard InChI is InChI=1S/C26H31N3O3S2/c1-16-9-8-10-18(13-16)29-24(31)21-19-14-26(3,4)32-15-20(19)34-22(21)27-25(29)33-17(2)23(30)28-11-6-5-7-12-28/h8-10,13,17H,5-7,11-12,14-15H2,1-4H3. The van der Waals surface area contributed by atoms with Crippen LogP contribution in [0.2, 0.25) is 0 Å². The number of hydrogen-bond acceptors (Lipinski definition) is 6. The Hall–Kier alpha value is -2.16. The number of carbonyl (C=O) groups is 1. The number of hydrogen-bond donors (Lipinski definition) is 0. The Bertz CT molecular complexity index is 1300. The van der Waals surface area contributed by atoms with E-state index < -0.39 is 0 Å². The molecule has 1 saturated heterocycles. The summed E-state index contributed by atoms with van der Waals surface area (Å²) in [5.41, 5.74) is 2.53. The third-order valence-electron chi connectivity index (χ3n) is 6.63. The Labute approximate surface area is 208 Å². The number of fused-ring (bicyclic) bond motifs is 3. The van der Waals surface area contributed by atoms with E-state index in [0.717, 1.165) is 52.5 Å². The van der Waals surface area contributed by atoms with E-state index in [2.05, 4.69) is 13.8 Å². The van der Waals surface area contributed by atoms with Crippen LogP contribution in [0, 0.1) is 6.92 Å². The van der Waals surface area contributed by atoms with Crippen LogP contribution in [-0.2, 0) is 22.6 Å². The summed E-state index contributed by atoms with van der Waals surface area (Å²) in [6.45, 7) is 10.2. The van der Waals surface area contributed by atoms with E-state index in [1.54, 1.807) is 15.9 Å². The van der Waals surface area contributed by atoms with Crippen molar-refractivity contribution >= 4 is 39.2 Å². The number of aromatic nitrogens is 2. The summed E-state index contributed by atoms with van der Waals surface area (Å²) in [6, 6.07) is 7.91. The van der Waals surface area contributed by atoms with Crippen molar-refractivity contribution in [3.63, 3.8) is 0 Å². The topological polar surface area (TPSA) is 64.4 Å². The second-order valence-corrected chi connectivity index (χ2v) is 12.3. The van der Waals surface area contributed by atoms with Crippen molar-refractivity contribution in [2.24, 2.45) is 0 Å². The van der Waals surface area contributed by atoms with Gasteiger partial charge in [-0.05, 0) is 70.2 Å². The molecule has 0 saturated carbocycles. The quantitative estimate of drug-likeness (QED) is 0.371. The van der Waals surface area contributed by atoms with Crippen molar-refractivity contribution < 1.29 is 9.53 Å². The highest BCUT2D eigenvalue weighted by Gasteiger charge is 2.32. The molecule has 0 aliphatic carbocycles. The monoisotopic (exact) mass is 497 g/mol. The predicted molar refractivity (Wildman–Crippen MR) is 138 cm³/mol. The minimum atomic E-state index is -0.324. The van der Waals surface area contributed by atoms with Crippen LogP contribution in [0.5, 0.6) is 0 Å². The predicted octanol–water partition coefficient (Wildman–Crippen LogP) is 5.10. The molecule has 6 nitrogen and oxygen atoms in total. The number of carbonyl (C=O) groups excluding carboxylic acids is 1. The highest BCUT2D eigenvalue weighted by molar-refractivity contribution is 8.00. The first-order chi connectivity index (χ1) is 16.2. The van der Waals surface area contributed by atoms with Crippen molar-refractivity contribution in [3.8, 4) is 5.69 Å². The summed E-state index contributed by atoms with van der Waals surface area (Å²) < 4.78 is 7.71. The maximum absolute atomic E-state index is 14.0. The summed E-state index contributed by atoms with van der Waals surface area (Å²) in [4.78, 5) is 35.9. The van der Waals surface area contributed by atoms with Crippen molar-refractivity contribution in [3.05, 3.63) is 50.6 Å². The maximum atomic E-state index is 14.0. The lowest BCUT2D eigenvalue weighted by Crippen LogP contribution is -2.40. The molecular weight excluding hydrogens is 466 g/mol. The molecule has 0 radical (unpaired) electrons. The molecule has 2 aliphatic heterocycles. The molecule has 2 aliphatic rings. The van der Waals surface area contributed by atoms with Gasteiger partial charge >= 0.3 is 0 Å². The highest BCUT2D eigenvalue weighted by atomic mass is 32.2. The van der Waals surface area contributed by atoms with Crippen LogP contribution < -0.4 is 5.56 Å². The van der Waals surface area contributed by atoms with Crippen LogP contribution in [0.15, 0.2) is 34.2 Å². The van der Waals surface area contributed by atoms with Crippen LogP contribution >= 0.6 is 23.1 Å². The molecule has 180 valence electrons. The molecule has 1 fully saturated rings. The number of amides is 1. The van der Waals surface area contributed by atoms with Crippen molar-refractivity contribution in [2.45, 2.75) is 76.0 Å². The fourth-order valence-electron chi connectivity index (χ4n) is 4.83. The number of nitrogens with zero attached hydrogens (tertiary/aromatic N) is 3. The van der Waals surface area contributed by atoms with Gasteiger partial charge in [0.1, 0.15) is 4.83 Å². The molecule has 5 rings (SSSR count). The zero-order valence-electron chi connectivity index (χ0n) is 20.2. The van der Waals surface area contributed by atoms with Gasteiger partial charge in [0.25, 0.3) is 5.56 Å². The number of ether oxygens (including phenoxy) is 1. The molecule has 4 heterocycles. The number of rotatable bonds is 4. The van der Waals surface area contributed by atoms with E-state index in [4.69, 9.17) is 9.72 Å². The van der Waals surface area contributed by atoms with Crippen molar-refractivity contribution in [1.82, 2.24) is 14.5 Å². The first kappa shape index (κ1) is 23.6. The van der Waals surface area contributed by atoms with Crippen LogP contribution in [0.4, 0.5) is 0 Å². The first-order valence-electron chi connectivity index (χ1n) is 12.0. The maximum Gasteiger partial charge on any atom is 0.267 e. The summed E-state index contributed by atoms with van der Waals surface area (Å²) in [5.74, 6) is 0.121. The molecule has 1 amide bonds. The van der Waals surface area contributed by atoms with Gasteiger partial charge in [-0.1, -0.05) is 23.9 Å². The van der Waals surface area contributed by atoms with Crippen LogP contribution in [0.25, 0.3) is 15.9 Å². The molecule has 1 aromatic carbocycles. The number of thioether (sulfide) groups is 1. The molecule has 3 aromatic rings. The SMILES string of the molecule is Cc1cccc(-n2c(SC(C)C(=O)N3CCCCC3)nc3sc4c(c3c2=O)CC(C)(C)OC4)c1. The number of aryl methyl sites for hydroxylation is 1. The second kappa shape index (κ2) is 9.13. The van der Waals surface area contributed by atoms with E-state index in [9.17, 15) is 9.59 Å². The summed E-state index contributed by atoms with van der Waals surface area (Å²) in [5, 5.41) is 0.937. The number of thiophene rings is 1. The largest absolute Gasteiger partial charge is 0.370 e. The molecule has 8 heteroatoms. The van der Waals surface area contributed by atoms with Gasteiger partial charge in [-0.3, -0.25) is 14.2 Å². The lowest BCUT2D eigenvalue weighted by Gasteiger charge is -2.30. The van der Waals surface area contributed by atoms with E-state index in [1.165, 1.54) is 18.2 Å². The third-order valence-corrected chi connectivity index (χ3v) is 8.77. The zero-order valence-corrected chi connectivity index (χ0v) is 21.9. The third kappa shape index (κ3) is 4.43. The fraction of sp³-hybridized carbons (Fsp3) is 0.500. The fourth-order valence-corrected chi connectivity index (χ4v) is 6.98. The van der Waals surface area contributed by atoms with Gasteiger partial charge in [-0.25, -0.2) is 4.98 Å². The van der Waals surface area contributed by atoms with E-state index >= 15 is 0 Å². The molecule has 0 spiro atoms. The van der Waals surface area contributed by atoms with Crippen molar-refractivity contribution in [2.75, 3.05) is 13.1 Å². The normalized spacial score (nSPS) is 18.6. The minimum Gasteiger partial charge on any atom is -0.370 e. The molecule has 2 aromatic heterocycles. The molecular formula is C26H31N3O3S2. The molecule has 0 N–H and O–H groups in total. The number of likely N-dealkylation sites (tertiary alicyclic amines) is 1. The van der Waals surface area contributed by atoms with Gasteiger partial charge in [0.15, 0.2) is 5.16 Å². The van der Waals surface area contributed by atoms with Crippen LogP contribution in [-0.4, -0.2) is 44.3 Å². The molecule has 1 unspecified atom stereocenters. The number of benzene rings is 1. The van der Waals surface area contributed by atoms with Gasteiger partial charge < -0.3 is 9.64 Å². The van der Waals surface area contributed by atoms with Gasteiger partial charge in [-0.2, -0.15) is 0 Å². The number of piperidine rings is 1. The second-order valence-electron chi connectivity index (χ2n) is 9.93. The van der Waals surface area contributed by atoms with E-state index in [1.807, 2.05) is 43.0 Å². The van der Waals surface area contributed by atoms with E-state index in [0.29, 0.717) is 23.6 Å². The Kier molecular flexibility index (Phi) is 6.33. The smallest absolute Gasteiger partial charge is 0.267 e. The summed E-state index contributed by atoms with van der Waals surface area (Å²) >= 11 is 2.92. The Morgan fingerprint density at radius 3 is 2.74 bits per heavy atom. The van der Waals surface area contributed by atoms with Crippen LogP contribution in [0.1, 0.15) is 56.0 Å².